The highest BCUT2D eigenvalue weighted by atomic mass is 16.6. The number of hydrogen-bond donors (Lipinski definition) is 1. The molecule has 3 atom stereocenters. The van der Waals surface area contributed by atoms with E-state index in [-0.39, 0.29) is 5.41 Å². The first kappa shape index (κ1) is 8.27. The van der Waals surface area contributed by atoms with E-state index in [9.17, 15) is 5.11 Å². The van der Waals surface area contributed by atoms with Crippen LogP contribution in [0.2, 0.25) is 0 Å². The van der Waals surface area contributed by atoms with Gasteiger partial charge >= 0.3 is 0 Å². The van der Waals surface area contributed by atoms with Gasteiger partial charge in [-0.1, -0.05) is 12.2 Å². The number of hydrogen-bond acceptors (Lipinski definition) is 2. The molecule has 1 aliphatic carbocycles. The van der Waals surface area contributed by atoms with Crippen LogP contribution in [0.25, 0.3) is 0 Å². The number of rotatable bonds is 1. The van der Waals surface area contributed by atoms with Gasteiger partial charge in [-0.25, -0.2) is 0 Å². The van der Waals surface area contributed by atoms with Crippen LogP contribution in [0.4, 0.5) is 0 Å². The van der Waals surface area contributed by atoms with Gasteiger partial charge in [-0.05, 0) is 32.1 Å². The molecule has 12 heavy (non-hydrogen) atoms. The third-order valence-electron chi connectivity index (χ3n) is 3.52. The van der Waals surface area contributed by atoms with Gasteiger partial charge in [0.1, 0.15) is 0 Å². The molecule has 68 valence electrons. The van der Waals surface area contributed by atoms with Gasteiger partial charge in [0.25, 0.3) is 0 Å². The van der Waals surface area contributed by atoms with Crippen LogP contribution < -0.4 is 0 Å². The zero-order valence-corrected chi connectivity index (χ0v) is 7.55. The summed E-state index contributed by atoms with van der Waals surface area (Å²) >= 11 is 0. The lowest BCUT2D eigenvalue weighted by atomic mass is 9.56. The van der Waals surface area contributed by atoms with Crippen LogP contribution in [0.3, 0.4) is 0 Å². The van der Waals surface area contributed by atoms with Crippen molar-refractivity contribution in [1.29, 1.82) is 0 Å². The van der Waals surface area contributed by atoms with E-state index in [4.69, 9.17) is 4.74 Å². The fourth-order valence-electron chi connectivity index (χ4n) is 2.64. The quantitative estimate of drug-likeness (QED) is 0.604. The maximum absolute atomic E-state index is 9.66. The van der Waals surface area contributed by atoms with Crippen LogP contribution >= 0.6 is 0 Å². The summed E-state index contributed by atoms with van der Waals surface area (Å²) in [6.45, 7) is 6.73. The molecule has 3 unspecified atom stereocenters. The molecule has 1 saturated heterocycles. The fraction of sp³-hybridized carbons (Fsp3) is 0.800. The van der Waals surface area contributed by atoms with Gasteiger partial charge in [0.2, 0.25) is 0 Å². The molecule has 1 aliphatic heterocycles. The minimum Gasteiger partial charge on any atom is -0.367 e. The average Bonchev–Trinajstić information content (AvgIpc) is 2.29. The molecular weight excluding hydrogens is 152 g/mol. The van der Waals surface area contributed by atoms with E-state index in [1.165, 1.54) is 12.0 Å². The summed E-state index contributed by atoms with van der Waals surface area (Å²) in [7, 11) is 0. The van der Waals surface area contributed by atoms with Crippen molar-refractivity contribution < 1.29 is 9.84 Å². The third kappa shape index (κ3) is 0.882. The highest BCUT2D eigenvalue weighted by Gasteiger charge is 2.55. The average molecular weight is 168 g/mol. The molecule has 1 N–H and O–H groups in total. The topological polar surface area (TPSA) is 29.5 Å². The van der Waals surface area contributed by atoms with Crippen molar-refractivity contribution in [2.24, 2.45) is 11.3 Å². The van der Waals surface area contributed by atoms with Gasteiger partial charge < -0.3 is 9.84 Å². The predicted molar refractivity (Wildman–Crippen MR) is 46.5 cm³/mol. The Bertz CT molecular complexity index is 212. The molecule has 1 heterocycles. The van der Waals surface area contributed by atoms with Crippen LogP contribution in [0.1, 0.15) is 26.2 Å². The van der Waals surface area contributed by atoms with E-state index in [0.29, 0.717) is 12.5 Å². The molecule has 2 fully saturated rings. The highest BCUT2D eigenvalue weighted by molar-refractivity contribution is 5.13. The van der Waals surface area contributed by atoms with E-state index in [2.05, 4.69) is 13.5 Å². The smallest absolute Gasteiger partial charge is 0.160 e. The summed E-state index contributed by atoms with van der Waals surface area (Å²) in [5.74, 6) is 0.495. The van der Waals surface area contributed by atoms with Gasteiger partial charge in [-0.3, -0.25) is 0 Å². The second-order valence-electron chi connectivity index (χ2n) is 4.14. The van der Waals surface area contributed by atoms with Crippen LogP contribution in [0.15, 0.2) is 12.2 Å². The van der Waals surface area contributed by atoms with Crippen LogP contribution in [-0.4, -0.2) is 18.0 Å². The second-order valence-corrected chi connectivity index (χ2v) is 4.14. The van der Waals surface area contributed by atoms with Crippen LogP contribution in [0.5, 0.6) is 0 Å². The van der Waals surface area contributed by atoms with Crippen molar-refractivity contribution in [1.82, 2.24) is 0 Å². The molecular formula is C10H16O2. The Morgan fingerprint density at radius 1 is 1.58 bits per heavy atom. The highest BCUT2D eigenvalue weighted by Crippen LogP contribution is 2.57. The third-order valence-corrected chi connectivity index (χ3v) is 3.52. The molecule has 2 rings (SSSR count). The lowest BCUT2D eigenvalue weighted by Gasteiger charge is -2.48. The van der Waals surface area contributed by atoms with Crippen molar-refractivity contribution in [3.05, 3.63) is 12.2 Å². The minimum atomic E-state index is -0.534. The second kappa shape index (κ2) is 2.57. The maximum atomic E-state index is 9.66. The Kier molecular flexibility index (Phi) is 1.77. The number of aliphatic hydroxyl groups is 1. The SMILES string of the molecule is C=C(C)C1CCC12CCOC2O. The van der Waals surface area contributed by atoms with Gasteiger partial charge in [0.05, 0.1) is 6.61 Å². The molecule has 0 bridgehead atoms. The molecule has 0 amide bonds. The Morgan fingerprint density at radius 2 is 2.33 bits per heavy atom. The standard InChI is InChI=1S/C10H16O2/c1-7(2)8-3-4-10(8)5-6-12-9(10)11/h8-9,11H,1,3-6H2,2H3. The summed E-state index contributed by atoms with van der Waals surface area (Å²) in [5.41, 5.74) is 1.25. The summed E-state index contributed by atoms with van der Waals surface area (Å²) < 4.78 is 5.21. The molecule has 0 aromatic heterocycles. The normalized spacial score (nSPS) is 46.2. The molecule has 0 aromatic rings. The molecule has 1 saturated carbocycles. The summed E-state index contributed by atoms with van der Waals surface area (Å²) in [6.07, 6.45) is 2.75. The van der Waals surface area contributed by atoms with Gasteiger partial charge in [0, 0.05) is 5.41 Å². The van der Waals surface area contributed by atoms with Crippen LogP contribution in [-0.2, 0) is 4.74 Å². The Balaban J connectivity index is 2.16. The zero-order chi connectivity index (χ0) is 8.77. The van der Waals surface area contributed by atoms with Crippen molar-refractivity contribution >= 4 is 0 Å². The summed E-state index contributed by atoms with van der Waals surface area (Å²) in [4.78, 5) is 0. The van der Waals surface area contributed by atoms with E-state index in [0.717, 1.165) is 12.8 Å². The minimum absolute atomic E-state index is 0.0475. The summed E-state index contributed by atoms with van der Waals surface area (Å²) in [5, 5.41) is 9.66. The molecule has 0 aromatic carbocycles. The number of ether oxygens (including phenoxy) is 1. The molecule has 1 spiro atoms. The van der Waals surface area contributed by atoms with Crippen molar-refractivity contribution in [3.63, 3.8) is 0 Å². The van der Waals surface area contributed by atoms with Crippen LogP contribution in [0, 0.1) is 11.3 Å². The lowest BCUT2D eigenvalue weighted by molar-refractivity contribution is -0.161. The predicted octanol–water partition coefficient (Wildman–Crippen LogP) is 1.70. The first-order chi connectivity index (χ1) is 5.67. The van der Waals surface area contributed by atoms with E-state index in [1.807, 2.05) is 0 Å². The maximum Gasteiger partial charge on any atom is 0.160 e. The molecule has 2 heteroatoms. The zero-order valence-electron chi connectivity index (χ0n) is 7.55. The van der Waals surface area contributed by atoms with Crippen molar-refractivity contribution in [3.8, 4) is 0 Å². The largest absolute Gasteiger partial charge is 0.367 e. The first-order valence-electron chi connectivity index (χ1n) is 4.62. The van der Waals surface area contributed by atoms with Gasteiger partial charge in [-0.15, -0.1) is 0 Å². The fourth-order valence-corrected chi connectivity index (χ4v) is 2.64. The number of aliphatic hydroxyl groups excluding tert-OH is 1. The van der Waals surface area contributed by atoms with Crippen molar-refractivity contribution in [2.45, 2.75) is 32.5 Å². The first-order valence-corrected chi connectivity index (χ1v) is 4.62. The monoisotopic (exact) mass is 168 g/mol. The van der Waals surface area contributed by atoms with E-state index < -0.39 is 6.29 Å². The van der Waals surface area contributed by atoms with Gasteiger partial charge in [0.15, 0.2) is 6.29 Å². The molecule has 0 radical (unpaired) electrons. The van der Waals surface area contributed by atoms with Crippen molar-refractivity contribution in [2.75, 3.05) is 6.61 Å². The van der Waals surface area contributed by atoms with E-state index in [1.54, 1.807) is 0 Å². The van der Waals surface area contributed by atoms with E-state index >= 15 is 0 Å². The molecule has 2 nitrogen and oxygen atoms in total. The molecule has 2 aliphatic rings. The lowest BCUT2D eigenvalue weighted by Crippen LogP contribution is -2.46. The Hall–Kier alpha value is -0.340. The van der Waals surface area contributed by atoms with Gasteiger partial charge in [-0.2, -0.15) is 0 Å². The Labute approximate surface area is 73.2 Å². The summed E-state index contributed by atoms with van der Waals surface area (Å²) in [6, 6.07) is 0. The Morgan fingerprint density at radius 3 is 2.67 bits per heavy atom. The number of allylic oxidation sites excluding steroid dienone is 1.